The number of fused-ring (bicyclic) bond motifs is 1. The molecule has 0 spiro atoms. The first-order chi connectivity index (χ1) is 16.1. The second kappa shape index (κ2) is 8.96. The molecule has 3 aromatic rings. The topological polar surface area (TPSA) is 73.8 Å². The van der Waals surface area contributed by atoms with E-state index in [1.807, 2.05) is 47.4 Å². The van der Waals surface area contributed by atoms with Crippen LogP contribution in [-0.4, -0.2) is 63.6 Å². The van der Waals surface area contributed by atoms with E-state index in [1.54, 1.807) is 30.6 Å². The maximum atomic E-state index is 13.1. The Labute approximate surface area is 192 Å². The fraction of sp³-hybridized carbons (Fsp3) is 0.231. The molecule has 7 nitrogen and oxygen atoms in total. The van der Waals surface area contributed by atoms with Gasteiger partial charge in [-0.15, -0.1) is 0 Å². The number of carbonyl (C=O) groups excluding carboxylic acids is 3. The molecule has 2 aliphatic rings. The van der Waals surface area contributed by atoms with Crippen molar-refractivity contribution in [3.63, 3.8) is 0 Å². The molecule has 1 aromatic heterocycles. The number of nitrogens with zero attached hydrogens (tertiary/aromatic N) is 4. The Balaban J connectivity index is 1.25. The first-order valence-corrected chi connectivity index (χ1v) is 11.0. The lowest BCUT2D eigenvalue weighted by Crippen LogP contribution is -2.48. The van der Waals surface area contributed by atoms with Gasteiger partial charge in [0.25, 0.3) is 17.7 Å². The van der Waals surface area contributed by atoms with Crippen molar-refractivity contribution in [2.75, 3.05) is 26.2 Å². The van der Waals surface area contributed by atoms with Crippen LogP contribution in [0.15, 0.2) is 73.1 Å². The molecule has 0 atom stereocenters. The van der Waals surface area contributed by atoms with Crippen LogP contribution in [0.5, 0.6) is 0 Å². The number of amides is 3. The highest BCUT2D eigenvalue weighted by molar-refractivity contribution is 6.22. The van der Waals surface area contributed by atoms with Crippen LogP contribution in [0.4, 0.5) is 0 Å². The molecule has 2 aliphatic heterocycles. The van der Waals surface area contributed by atoms with E-state index in [9.17, 15) is 14.4 Å². The summed E-state index contributed by atoms with van der Waals surface area (Å²) in [6, 6.07) is 18.2. The Morgan fingerprint density at radius 2 is 1.42 bits per heavy atom. The van der Waals surface area contributed by atoms with Gasteiger partial charge < -0.3 is 4.90 Å². The molecule has 166 valence electrons. The number of imide groups is 1. The summed E-state index contributed by atoms with van der Waals surface area (Å²) in [5, 5.41) is 0. The Hall–Kier alpha value is -3.84. The predicted molar refractivity (Wildman–Crippen MR) is 123 cm³/mol. The van der Waals surface area contributed by atoms with Crippen molar-refractivity contribution in [3.05, 3.63) is 101 Å². The Kier molecular flexibility index (Phi) is 5.71. The molecule has 1 saturated heterocycles. The minimum atomic E-state index is -0.351. The maximum Gasteiger partial charge on any atom is 0.261 e. The summed E-state index contributed by atoms with van der Waals surface area (Å²) in [6.45, 7) is 3.84. The molecule has 0 N–H and O–H groups in total. The van der Waals surface area contributed by atoms with Gasteiger partial charge in [0.05, 0.1) is 17.7 Å². The van der Waals surface area contributed by atoms with Crippen molar-refractivity contribution in [3.8, 4) is 0 Å². The largest absolute Gasteiger partial charge is 0.336 e. The summed E-state index contributed by atoms with van der Waals surface area (Å²) in [5.41, 5.74) is 3.19. The minimum absolute atomic E-state index is 0.108. The van der Waals surface area contributed by atoms with Gasteiger partial charge in [-0.3, -0.25) is 29.2 Å². The molecule has 1 fully saturated rings. The summed E-state index contributed by atoms with van der Waals surface area (Å²) >= 11 is 0. The molecule has 5 rings (SSSR count). The summed E-state index contributed by atoms with van der Waals surface area (Å²) < 4.78 is 0. The van der Waals surface area contributed by atoms with Crippen LogP contribution in [0.3, 0.4) is 0 Å². The number of hydrogen-bond acceptors (Lipinski definition) is 5. The molecule has 0 radical (unpaired) electrons. The van der Waals surface area contributed by atoms with Crippen molar-refractivity contribution in [1.82, 2.24) is 19.7 Å². The molecule has 0 aliphatic carbocycles. The van der Waals surface area contributed by atoms with E-state index in [-0.39, 0.29) is 24.3 Å². The first-order valence-electron chi connectivity index (χ1n) is 11.0. The smallest absolute Gasteiger partial charge is 0.261 e. The lowest BCUT2D eigenvalue weighted by atomic mass is 10.0. The lowest BCUT2D eigenvalue weighted by Gasteiger charge is -2.34. The predicted octanol–water partition coefficient (Wildman–Crippen LogP) is 2.84. The van der Waals surface area contributed by atoms with Crippen molar-refractivity contribution in [1.29, 1.82) is 0 Å². The van der Waals surface area contributed by atoms with E-state index >= 15 is 0 Å². The summed E-state index contributed by atoms with van der Waals surface area (Å²) in [5.74, 6) is -0.777. The number of aromatic nitrogens is 1. The Bertz CT molecular complexity index is 1190. The zero-order chi connectivity index (χ0) is 22.8. The highest BCUT2D eigenvalue weighted by Crippen LogP contribution is 2.26. The minimum Gasteiger partial charge on any atom is -0.336 e. The molecule has 2 aromatic carbocycles. The second-order valence-corrected chi connectivity index (χ2v) is 8.37. The number of rotatable bonds is 5. The zero-order valence-corrected chi connectivity index (χ0v) is 18.2. The van der Waals surface area contributed by atoms with E-state index in [1.165, 1.54) is 10.5 Å². The van der Waals surface area contributed by atoms with Gasteiger partial charge in [0.15, 0.2) is 0 Å². The summed E-state index contributed by atoms with van der Waals surface area (Å²) in [4.78, 5) is 48.3. The number of hydrogen-bond donors (Lipinski definition) is 0. The van der Waals surface area contributed by atoms with Gasteiger partial charge >= 0.3 is 0 Å². The molecule has 3 amide bonds. The number of pyridine rings is 1. The third-order valence-corrected chi connectivity index (χ3v) is 6.22. The highest BCUT2D eigenvalue weighted by atomic mass is 16.2. The molecule has 3 heterocycles. The number of piperazine rings is 1. The van der Waals surface area contributed by atoms with Gasteiger partial charge in [-0.05, 0) is 41.5 Å². The summed E-state index contributed by atoms with van der Waals surface area (Å²) in [7, 11) is 0. The second-order valence-electron chi connectivity index (χ2n) is 8.37. The number of carbonyl (C=O) groups is 3. The van der Waals surface area contributed by atoms with E-state index in [4.69, 9.17) is 0 Å². The van der Waals surface area contributed by atoms with Gasteiger partial charge in [0.2, 0.25) is 0 Å². The monoisotopic (exact) mass is 440 g/mol. The molecule has 33 heavy (non-hydrogen) atoms. The summed E-state index contributed by atoms with van der Waals surface area (Å²) in [6.07, 6.45) is 3.58. The maximum absolute atomic E-state index is 13.1. The molecule has 7 heteroatoms. The van der Waals surface area contributed by atoms with Crippen LogP contribution in [0.2, 0.25) is 0 Å². The van der Waals surface area contributed by atoms with E-state index in [0.29, 0.717) is 29.8 Å². The molecular formula is C26H24N4O3. The van der Waals surface area contributed by atoms with Gasteiger partial charge in [-0.1, -0.05) is 30.3 Å². The van der Waals surface area contributed by atoms with E-state index < -0.39 is 0 Å². The van der Waals surface area contributed by atoms with Crippen molar-refractivity contribution in [2.24, 2.45) is 0 Å². The average Bonchev–Trinajstić information content (AvgIpc) is 3.09. The zero-order valence-electron chi connectivity index (χ0n) is 18.2. The first kappa shape index (κ1) is 21.0. The highest BCUT2D eigenvalue weighted by Gasteiger charge is 2.36. The van der Waals surface area contributed by atoms with Gasteiger partial charge in [0.1, 0.15) is 0 Å². The number of benzene rings is 2. The van der Waals surface area contributed by atoms with Crippen LogP contribution in [0.1, 0.15) is 42.2 Å². The molecule has 0 bridgehead atoms. The quantitative estimate of drug-likeness (QED) is 0.571. The van der Waals surface area contributed by atoms with Crippen molar-refractivity contribution < 1.29 is 14.4 Å². The van der Waals surface area contributed by atoms with Crippen molar-refractivity contribution >= 4 is 17.7 Å². The van der Waals surface area contributed by atoms with Gasteiger partial charge in [-0.25, -0.2) is 0 Å². The van der Waals surface area contributed by atoms with E-state index in [0.717, 1.165) is 25.2 Å². The van der Waals surface area contributed by atoms with Crippen LogP contribution >= 0.6 is 0 Å². The van der Waals surface area contributed by atoms with Crippen LogP contribution in [0, 0.1) is 0 Å². The van der Waals surface area contributed by atoms with Gasteiger partial charge in [0, 0.05) is 50.7 Å². The standard InChI is InChI=1S/C26H24N4O3/c31-24(29-14-12-28(13-15-29)17-20-8-10-27-11-9-20)21-6-7-22-23(16-21)26(33)30(25(22)32)18-19-4-2-1-3-5-19/h1-11,16H,12-15,17-18H2. The van der Waals surface area contributed by atoms with E-state index in [2.05, 4.69) is 9.88 Å². The third-order valence-electron chi connectivity index (χ3n) is 6.22. The fourth-order valence-electron chi connectivity index (χ4n) is 4.37. The molecule has 0 unspecified atom stereocenters. The van der Waals surface area contributed by atoms with Crippen LogP contribution < -0.4 is 0 Å². The molecule has 0 saturated carbocycles. The van der Waals surface area contributed by atoms with Gasteiger partial charge in [-0.2, -0.15) is 0 Å². The fourth-order valence-corrected chi connectivity index (χ4v) is 4.37. The Morgan fingerprint density at radius 3 is 2.15 bits per heavy atom. The third kappa shape index (κ3) is 4.27. The molecular weight excluding hydrogens is 416 g/mol. The average molecular weight is 441 g/mol. The lowest BCUT2D eigenvalue weighted by molar-refractivity contribution is 0.0625. The van der Waals surface area contributed by atoms with Crippen LogP contribution in [-0.2, 0) is 13.1 Å². The normalized spacial score (nSPS) is 16.2. The SMILES string of the molecule is O=C(c1ccc2c(c1)C(=O)N(Cc1ccccc1)C2=O)N1CCN(Cc2ccncc2)CC1. The van der Waals surface area contributed by atoms with Crippen molar-refractivity contribution in [2.45, 2.75) is 13.1 Å². The van der Waals surface area contributed by atoms with Crippen LogP contribution in [0.25, 0.3) is 0 Å². The Morgan fingerprint density at radius 1 is 0.758 bits per heavy atom.